The van der Waals surface area contributed by atoms with Crippen molar-refractivity contribution in [2.75, 3.05) is 13.1 Å². The van der Waals surface area contributed by atoms with Gasteiger partial charge in [0.1, 0.15) is 0 Å². The number of aromatic nitrogens is 1. The van der Waals surface area contributed by atoms with Gasteiger partial charge in [-0.2, -0.15) is 4.31 Å². The Morgan fingerprint density at radius 1 is 1.16 bits per heavy atom. The Hall–Kier alpha value is -1.66. The maximum atomic E-state index is 12.8. The third-order valence-electron chi connectivity index (χ3n) is 5.32. The number of fused-ring (bicyclic) bond motifs is 1. The van der Waals surface area contributed by atoms with E-state index in [0.29, 0.717) is 30.0 Å². The van der Waals surface area contributed by atoms with Gasteiger partial charge in [0, 0.05) is 35.2 Å². The molecule has 1 aliphatic rings. The third kappa shape index (κ3) is 3.25. The van der Waals surface area contributed by atoms with Gasteiger partial charge in [-0.1, -0.05) is 33.1 Å². The van der Waals surface area contributed by atoms with E-state index in [0.717, 1.165) is 30.3 Å². The molecule has 1 aliphatic carbocycles. The summed E-state index contributed by atoms with van der Waals surface area (Å²) in [5.41, 5.74) is 2.43. The van der Waals surface area contributed by atoms with Crippen LogP contribution in [0, 0.1) is 0 Å². The molecule has 0 atom stereocenters. The predicted molar refractivity (Wildman–Crippen MR) is 99.6 cm³/mol. The van der Waals surface area contributed by atoms with Crippen molar-refractivity contribution in [3.05, 3.63) is 29.5 Å². The number of sulfonamides is 1. The Labute approximate surface area is 149 Å². The monoisotopic (exact) mass is 362 g/mol. The van der Waals surface area contributed by atoms with Crippen LogP contribution in [0.1, 0.15) is 67.9 Å². The number of nitrogens with zero attached hydrogens (tertiary/aromatic N) is 1. The fourth-order valence-corrected chi connectivity index (χ4v) is 5.41. The van der Waals surface area contributed by atoms with E-state index >= 15 is 0 Å². The van der Waals surface area contributed by atoms with E-state index < -0.39 is 10.0 Å². The van der Waals surface area contributed by atoms with Crippen LogP contribution < -0.4 is 0 Å². The second-order valence-electron chi connectivity index (χ2n) is 6.70. The number of hydrogen-bond donors (Lipinski definition) is 1. The van der Waals surface area contributed by atoms with Gasteiger partial charge in [-0.15, -0.1) is 0 Å². The van der Waals surface area contributed by atoms with Crippen LogP contribution >= 0.6 is 0 Å². The van der Waals surface area contributed by atoms with Crippen molar-refractivity contribution in [3.8, 4) is 0 Å². The Balaban J connectivity index is 2.10. The summed E-state index contributed by atoms with van der Waals surface area (Å²) in [7, 11) is -3.53. The Morgan fingerprint density at radius 3 is 2.44 bits per heavy atom. The second kappa shape index (κ2) is 7.30. The number of H-pyrrole nitrogens is 1. The fraction of sp³-hybridized carbons (Fsp3) is 0.526. The van der Waals surface area contributed by atoms with Crippen molar-refractivity contribution >= 4 is 27.2 Å². The SMILES string of the molecule is CCN(CC)S(=O)(=O)c1ccc2[nH]c(C3CCCCC3)c(C=O)c2c1. The molecule has 25 heavy (non-hydrogen) atoms. The lowest BCUT2D eigenvalue weighted by atomic mass is 9.85. The van der Waals surface area contributed by atoms with E-state index in [2.05, 4.69) is 4.98 Å². The van der Waals surface area contributed by atoms with E-state index in [-0.39, 0.29) is 4.90 Å². The van der Waals surface area contributed by atoms with Crippen LogP contribution in [0.2, 0.25) is 0 Å². The number of hydrogen-bond acceptors (Lipinski definition) is 3. The molecule has 5 nitrogen and oxygen atoms in total. The smallest absolute Gasteiger partial charge is 0.243 e. The summed E-state index contributed by atoms with van der Waals surface area (Å²) >= 11 is 0. The first-order valence-electron chi connectivity index (χ1n) is 9.13. The zero-order chi connectivity index (χ0) is 18.0. The summed E-state index contributed by atoms with van der Waals surface area (Å²) in [6.45, 7) is 4.51. The molecule has 0 radical (unpaired) electrons. The highest BCUT2D eigenvalue weighted by Gasteiger charge is 2.25. The molecular formula is C19H26N2O3S. The number of benzene rings is 1. The highest BCUT2D eigenvalue weighted by atomic mass is 32.2. The molecule has 0 unspecified atom stereocenters. The van der Waals surface area contributed by atoms with E-state index in [1.165, 1.54) is 23.6 Å². The van der Waals surface area contributed by atoms with Crippen LogP contribution in [0.15, 0.2) is 23.1 Å². The lowest BCUT2D eigenvalue weighted by Crippen LogP contribution is -2.30. The number of carbonyl (C=O) groups is 1. The number of aromatic amines is 1. The molecule has 1 N–H and O–H groups in total. The van der Waals surface area contributed by atoms with Gasteiger partial charge in [-0.05, 0) is 37.0 Å². The second-order valence-corrected chi connectivity index (χ2v) is 8.64. The highest BCUT2D eigenvalue weighted by Crippen LogP contribution is 2.36. The number of nitrogens with one attached hydrogen (secondary N) is 1. The first kappa shape index (κ1) is 18.1. The van der Waals surface area contributed by atoms with Crippen LogP contribution in [0.5, 0.6) is 0 Å². The van der Waals surface area contributed by atoms with Gasteiger partial charge in [0.15, 0.2) is 6.29 Å². The average Bonchev–Trinajstić information content (AvgIpc) is 3.01. The zero-order valence-corrected chi connectivity index (χ0v) is 15.7. The standard InChI is InChI=1S/C19H26N2O3S/c1-3-21(4-2)25(23,24)15-10-11-18-16(12-15)17(13-22)19(20-18)14-8-6-5-7-9-14/h10-14,20H,3-9H2,1-2H3. The van der Waals surface area contributed by atoms with Crippen LogP contribution in [-0.2, 0) is 10.0 Å². The lowest BCUT2D eigenvalue weighted by molar-refractivity contribution is 0.112. The van der Waals surface area contributed by atoms with Gasteiger partial charge in [0.05, 0.1) is 4.90 Å². The summed E-state index contributed by atoms with van der Waals surface area (Å²) in [4.78, 5) is 15.4. The van der Waals surface area contributed by atoms with Crippen molar-refractivity contribution in [1.29, 1.82) is 0 Å². The number of aldehydes is 1. The average molecular weight is 362 g/mol. The summed E-state index contributed by atoms with van der Waals surface area (Å²) in [6.07, 6.45) is 6.65. The van der Waals surface area contributed by atoms with Crippen molar-refractivity contribution < 1.29 is 13.2 Å². The molecule has 1 aromatic carbocycles. The molecule has 0 amide bonds. The normalized spacial score (nSPS) is 16.6. The van der Waals surface area contributed by atoms with Gasteiger partial charge in [0.25, 0.3) is 0 Å². The summed E-state index contributed by atoms with van der Waals surface area (Å²) in [5.74, 6) is 0.365. The molecule has 1 heterocycles. The molecular weight excluding hydrogens is 336 g/mol. The van der Waals surface area contributed by atoms with Gasteiger partial charge < -0.3 is 4.98 Å². The minimum atomic E-state index is -3.53. The van der Waals surface area contributed by atoms with Crippen LogP contribution in [-0.4, -0.2) is 37.1 Å². The van der Waals surface area contributed by atoms with Gasteiger partial charge in [0.2, 0.25) is 10.0 Å². The largest absolute Gasteiger partial charge is 0.358 e. The molecule has 136 valence electrons. The molecule has 1 saturated carbocycles. The van der Waals surface area contributed by atoms with E-state index in [1.807, 2.05) is 13.8 Å². The number of carbonyl (C=O) groups excluding carboxylic acids is 1. The van der Waals surface area contributed by atoms with Crippen LogP contribution in [0.4, 0.5) is 0 Å². The van der Waals surface area contributed by atoms with Gasteiger partial charge in [-0.25, -0.2) is 8.42 Å². The van der Waals surface area contributed by atoms with Gasteiger partial charge >= 0.3 is 0 Å². The topological polar surface area (TPSA) is 70.2 Å². The zero-order valence-electron chi connectivity index (χ0n) is 14.9. The molecule has 0 saturated heterocycles. The summed E-state index contributed by atoms with van der Waals surface area (Å²) in [5, 5.41) is 0.712. The first-order chi connectivity index (χ1) is 12.0. The van der Waals surface area contributed by atoms with Gasteiger partial charge in [-0.3, -0.25) is 4.79 Å². The first-order valence-corrected chi connectivity index (χ1v) is 10.6. The Kier molecular flexibility index (Phi) is 5.29. The molecule has 0 spiro atoms. The molecule has 3 rings (SSSR count). The third-order valence-corrected chi connectivity index (χ3v) is 7.36. The minimum absolute atomic E-state index is 0.251. The maximum absolute atomic E-state index is 12.8. The van der Waals surface area contributed by atoms with Crippen molar-refractivity contribution in [3.63, 3.8) is 0 Å². The molecule has 0 aliphatic heterocycles. The van der Waals surface area contributed by atoms with Crippen molar-refractivity contribution in [2.45, 2.75) is 56.8 Å². The molecule has 0 bridgehead atoms. The molecule has 1 fully saturated rings. The minimum Gasteiger partial charge on any atom is -0.358 e. The van der Waals surface area contributed by atoms with E-state index in [1.54, 1.807) is 18.2 Å². The van der Waals surface area contributed by atoms with E-state index in [4.69, 9.17) is 0 Å². The van der Waals surface area contributed by atoms with Crippen LogP contribution in [0.3, 0.4) is 0 Å². The fourth-order valence-electron chi connectivity index (χ4n) is 3.93. The quantitative estimate of drug-likeness (QED) is 0.788. The highest BCUT2D eigenvalue weighted by molar-refractivity contribution is 7.89. The maximum Gasteiger partial charge on any atom is 0.243 e. The van der Waals surface area contributed by atoms with Crippen molar-refractivity contribution in [1.82, 2.24) is 9.29 Å². The number of rotatable bonds is 6. The Morgan fingerprint density at radius 2 is 1.84 bits per heavy atom. The van der Waals surface area contributed by atoms with Crippen molar-refractivity contribution in [2.24, 2.45) is 0 Å². The summed E-state index contributed by atoms with van der Waals surface area (Å²) in [6, 6.07) is 5.06. The molecule has 1 aromatic heterocycles. The molecule has 2 aromatic rings. The Bertz CT molecular complexity index is 860. The van der Waals surface area contributed by atoms with Crippen LogP contribution in [0.25, 0.3) is 10.9 Å². The lowest BCUT2D eigenvalue weighted by Gasteiger charge is -2.21. The predicted octanol–water partition coefficient (Wildman–Crippen LogP) is 4.06. The molecule has 6 heteroatoms. The van der Waals surface area contributed by atoms with E-state index in [9.17, 15) is 13.2 Å². The summed E-state index contributed by atoms with van der Waals surface area (Å²) < 4.78 is 27.0.